The normalized spacial score (nSPS) is 17.3. The minimum absolute atomic E-state index is 0.0769. The van der Waals surface area contributed by atoms with Crippen molar-refractivity contribution >= 4 is 39.9 Å². The molecule has 1 unspecified atom stereocenters. The number of esters is 1. The molecule has 4 rings (SSSR count). The van der Waals surface area contributed by atoms with E-state index in [4.69, 9.17) is 9.47 Å². The number of hydrogen-bond acceptors (Lipinski definition) is 8. The van der Waals surface area contributed by atoms with Crippen molar-refractivity contribution in [3.63, 3.8) is 0 Å². The number of ether oxygens (including phenoxy) is 2. The van der Waals surface area contributed by atoms with Crippen molar-refractivity contribution in [2.75, 3.05) is 19.1 Å². The van der Waals surface area contributed by atoms with Crippen molar-refractivity contribution < 1.29 is 29.0 Å². The van der Waals surface area contributed by atoms with Crippen molar-refractivity contribution in [1.29, 1.82) is 0 Å². The summed E-state index contributed by atoms with van der Waals surface area (Å²) < 4.78 is 10.0. The molecule has 168 valence electrons. The summed E-state index contributed by atoms with van der Waals surface area (Å²) in [5.41, 5.74) is 1.24. The SMILES string of the molecule is COC(=O)c1sc(N2C(=O)C(=O)/C(=C(\O)c3cccc(OC)c3)C2c2ccccc2)nc1C. The van der Waals surface area contributed by atoms with E-state index in [1.165, 1.54) is 19.1 Å². The van der Waals surface area contributed by atoms with Gasteiger partial charge < -0.3 is 14.6 Å². The Morgan fingerprint density at radius 2 is 1.82 bits per heavy atom. The third-order valence-corrected chi connectivity index (χ3v) is 6.40. The molecule has 9 heteroatoms. The summed E-state index contributed by atoms with van der Waals surface area (Å²) in [5.74, 6) is -2.12. The first-order chi connectivity index (χ1) is 15.9. The van der Waals surface area contributed by atoms with E-state index in [-0.39, 0.29) is 21.3 Å². The first-order valence-corrected chi connectivity index (χ1v) is 10.7. The Kier molecular flexibility index (Phi) is 5.97. The zero-order valence-corrected chi connectivity index (χ0v) is 18.9. The number of aryl methyl sites for hydroxylation is 1. The minimum Gasteiger partial charge on any atom is -0.507 e. The second-order valence-electron chi connectivity index (χ2n) is 7.21. The molecule has 1 saturated heterocycles. The quantitative estimate of drug-likeness (QED) is 0.264. The summed E-state index contributed by atoms with van der Waals surface area (Å²) >= 11 is 0.952. The number of nitrogens with zero attached hydrogens (tertiary/aromatic N) is 2. The predicted molar refractivity (Wildman–Crippen MR) is 122 cm³/mol. The van der Waals surface area contributed by atoms with Crippen LogP contribution < -0.4 is 9.64 Å². The number of benzene rings is 2. The number of aliphatic hydroxyl groups is 1. The Morgan fingerprint density at radius 3 is 2.48 bits per heavy atom. The average Bonchev–Trinajstić information content (AvgIpc) is 3.35. The topological polar surface area (TPSA) is 106 Å². The number of anilines is 1. The molecule has 2 aromatic carbocycles. The number of carbonyl (C=O) groups excluding carboxylic acids is 3. The number of amides is 1. The molecular weight excluding hydrogens is 444 g/mol. The first-order valence-electron chi connectivity index (χ1n) is 9.93. The molecule has 0 radical (unpaired) electrons. The van der Waals surface area contributed by atoms with Crippen LogP contribution in [0.5, 0.6) is 5.75 Å². The van der Waals surface area contributed by atoms with E-state index >= 15 is 0 Å². The number of Topliss-reactive ketones (excluding diaryl/α,β-unsaturated/α-hetero) is 1. The number of ketones is 1. The van der Waals surface area contributed by atoms with Crippen LogP contribution >= 0.6 is 11.3 Å². The zero-order valence-electron chi connectivity index (χ0n) is 18.1. The van der Waals surface area contributed by atoms with Crippen molar-refractivity contribution in [2.45, 2.75) is 13.0 Å². The Morgan fingerprint density at radius 1 is 1.09 bits per heavy atom. The molecule has 1 fully saturated rings. The van der Waals surface area contributed by atoms with E-state index in [0.29, 0.717) is 22.6 Å². The molecule has 0 saturated carbocycles. The third-order valence-electron chi connectivity index (χ3n) is 5.27. The number of rotatable bonds is 5. The van der Waals surface area contributed by atoms with Gasteiger partial charge in [-0.25, -0.2) is 9.78 Å². The third kappa shape index (κ3) is 3.87. The lowest BCUT2D eigenvalue weighted by atomic mass is 9.95. The largest absolute Gasteiger partial charge is 0.507 e. The number of thiazole rings is 1. The smallest absolute Gasteiger partial charge is 0.350 e. The molecule has 1 aliphatic rings. The lowest BCUT2D eigenvalue weighted by molar-refractivity contribution is -0.132. The van der Waals surface area contributed by atoms with Gasteiger partial charge in [-0.15, -0.1) is 0 Å². The predicted octanol–water partition coefficient (Wildman–Crippen LogP) is 3.87. The highest BCUT2D eigenvalue weighted by Crippen LogP contribution is 2.44. The molecule has 1 atom stereocenters. The van der Waals surface area contributed by atoms with Crippen LogP contribution in [0.15, 0.2) is 60.2 Å². The van der Waals surface area contributed by atoms with Gasteiger partial charge in [-0.2, -0.15) is 0 Å². The van der Waals surface area contributed by atoms with E-state index < -0.39 is 23.7 Å². The van der Waals surface area contributed by atoms with Gasteiger partial charge in [-0.1, -0.05) is 53.8 Å². The standard InChI is InChI=1S/C24H20N2O6S/c1-13-21(23(30)32-3)33-24(25-13)26-18(14-8-5-4-6-9-14)17(20(28)22(26)29)19(27)15-10-7-11-16(12-15)31-2/h4-12,18,27H,1-3H3/b19-17-. The van der Waals surface area contributed by atoms with Crippen LogP contribution in [0.1, 0.15) is 32.5 Å². The van der Waals surface area contributed by atoms with E-state index in [1.54, 1.807) is 61.5 Å². The Hall–Kier alpha value is -3.98. The fourth-order valence-electron chi connectivity index (χ4n) is 3.67. The number of carbonyl (C=O) groups is 3. The van der Waals surface area contributed by atoms with Gasteiger partial charge in [0.05, 0.1) is 31.5 Å². The fraction of sp³-hybridized carbons (Fsp3) is 0.167. The van der Waals surface area contributed by atoms with Crippen LogP contribution in [0.25, 0.3) is 5.76 Å². The summed E-state index contributed by atoms with van der Waals surface area (Å²) in [5, 5.41) is 11.3. The number of methoxy groups -OCH3 is 2. The minimum atomic E-state index is -0.937. The fourth-order valence-corrected chi connectivity index (χ4v) is 4.69. The molecule has 1 aliphatic heterocycles. The van der Waals surface area contributed by atoms with Gasteiger partial charge in [-0.05, 0) is 24.6 Å². The first kappa shape index (κ1) is 22.2. The summed E-state index contributed by atoms with van der Waals surface area (Å²) in [6.45, 7) is 1.62. The molecule has 33 heavy (non-hydrogen) atoms. The van der Waals surface area contributed by atoms with Crippen LogP contribution in [-0.4, -0.2) is 42.0 Å². The summed E-state index contributed by atoms with van der Waals surface area (Å²) in [4.78, 5) is 44.2. The second kappa shape index (κ2) is 8.87. The molecule has 0 spiro atoms. The van der Waals surface area contributed by atoms with E-state index in [9.17, 15) is 19.5 Å². The molecule has 1 amide bonds. The molecule has 0 bridgehead atoms. The Balaban J connectivity index is 1.92. The van der Waals surface area contributed by atoms with E-state index in [2.05, 4.69) is 4.98 Å². The molecule has 2 heterocycles. The molecule has 1 N–H and O–H groups in total. The Labute approximate surface area is 193 Å². The summed E-state index contributed by atoms with van der Waals surface area (Å²) in [6, 6.07) is 14.5. The van der Waals surface area contributed by atoms with Gasteiger partial charge in [0.25, 0.3) is 5.78 Å². The van der Waals surface area contributed by atoms with Crippen LogP contribution in [0.4, 0.5) is 5.13 Å². The van der Waals surface area contributed by atoms with Gasteiger partial charge >= 0.3 is 11.9 Å². The van der Waals surface area contributed by atoms with Crippen molar-refractivity contribution in [3.05, 3.63) is 81.9 Å². The number of aromatic nitrogens is 1. The van der Waals surface area contributed by atoms with Crippen LogP contribution in [0.3, 0.4) is 0 Å². The van der Waals surface area contributed by atoms with Gasteiger partial charge in [0, 0.05) is 5.56 Å². The van der Waals surface area contributed by atoms with Crippen LogP contribution in [-0.2, 0) is 14.3 Å². The van der Waals surface area contributed by atoms with Crippen molar-refractivity contribution in [2.24, 2.45) is 0 Å². The lowest BCUT2D eigenvalue weighted by Crippen LogP contribution is -2.29. The lowest BCUT2D eigenvalue weighted by Gasteiger charge is -2.23. The summed E-state index contributed by atoms with van der Waals surface area (Å²) in [7, 11) is 2.75. The highest BCUT2D eigenvalue weighted by atomic mass is 32.1. The van der Waals surface area contributed by atoms with Gasteiger partial charge in [0.1, 0.15) is 16.4 Å². The second-order valence-corrected chi connectivity index (χ2v) is 8.19. The monoisotopic (exact) mass is 464 g/mol. The molecule has 0 aliphatic carbocycles. The Bertz CT molecular complexity index is 1280. The van der Waals surface area contributed by atoms with Crippen molar-refractivity contribution in [1.82, 2.24) is 4.98 Å². The maximum absolute atomic E-state index is 13.2. The van der Waals surface area contributed by atoms with Gasteiger partial charge in [-0.3, -0.25) is 14.5 Å². The molecular formula is C24H20N2O6S. The van der Waals surface area contributed by atoms with E-state index in [1.807, 2.05) is 0 Å². The highest BCUT2D eigenvalue weighted by Gasteiger charge is 2.48. The zero-order chi connectivity index (χ0) is 23.7. The van der Waals surface area contributed by atoms with Crippen LogP contribution in [0.2, 0.25) is 0 Å². The molecule has 8 nitrogen and oxygen atoms in total. The van der Waals surface area contributed by atoms with Crippen LogP contribution in [0, 0.1) is 6.92 Å². The molecule has 3 aromatic rings. The summed E-state index contributed by atoms with van der Waals surface area (Å²) in [6.07, 6.45) is 0. The maximum atomic E-state index is 13.2. The number of aliphatic hydroxyl groups excluding tert-OH is 1. The average molecular weight is 464 g/mol. The maximum Gasteiger partial charge on any atom is 0.350 e. The van der Waals surface area contributed by atoms with Crippen molar-refractivity contribution in [3.8, 4) is 5.75 Å². The molecule has 1 aromatic heterocycles. The van der Waals surface area contributed by atoms with E-state index in [0.717, 1.165) is 11.3 Å². The highest BCUT2D eigenvalue weighted by molar-refractivity contribution is 7.17. The number of hydrogen-bond donors (Lipinski definition) is 1. The van der Waals surface area contributed by atoms with Gasteiger partial charge in [0.2, 0.25) is 0 Å². The van der Waals surface area contributed by atoms with Gasteiger partial charge in [0.15, 0.2) is 5.13 Å².